The van der Waals surface area contributed by atoms with Crippen LogP contribution in [0.3, 0.4) is 0 Å². The van der Waals surface area contributed by atoms with Gasteiger partial charge >= 0.3 is 0 Å². The molecule has 2 nitrogen and oxygen atoms in total. The second-order valence-corrected chi connectivity index (χ2v) is 6.07. The highest BCUT2D eigenvalue weighted by molar-refractivity contribution is 4.80. The number of hydrogen-bond donors (Lipinski definition) is 1. The summed E-state index contributed by atoms with van der Waals surface area (Å²) in [6.45, 7) is 19.4. The maximum atomic E-state index is 3.63. The molecule has 0 aliphatic rings. The Morgan fingerprint density at radius 3 is 2.00 bits per heavy atom. The van der Waals surface area contributed by atoms with Crippen LogP contribution in [0.25, 0.3) is 0 Å². The first-order valence-corrected chi connectivity index (χ1v) is 6.80. The van der Waals surface area contributed by atoms with Crippen molar-refractivity contribution in [1.29, 1.82) is 0 Å². The molecule has 0 aliphatic carbocycles. The predicted octanol–water partition coefficient (Wildman–Crippen LogP) is 3.13. The first-order valence-electron chi connectivity index (χ1n) is 6.80. The van der Waals surface area contributed by atoms with Crippen molar-refractivity contribution in [2.24, 2.45) is 5.92 Å². The van der Waals surface area contributed by atoms with Gasteiger partial charge in [0.2, 0.25) is 0 Å². The van der Waals surface area contributed by atoms with Crippen LogP contribution in [0, 0.1) is 5.92 Å². The number of likely N-dealkylation sites (N-methyl/N-ethyl adjacent to an activating group) is 1. The van der Waals surface area contributed by atoms with Crippen molar-refractivity contribution in [2.75, 3.05) is 19.6 Å². The zero-order chi connectivity index (χ0) is 12.8. The molecule has 0 rings (SSSR count). The maximum Gasteiger partial charge on any atom is 0.0243 e. The molecule has 0 spiro atoms. The normalized spacial score (nSPS) is 14.8. The summed E-state index contributed by atoms with van der Waals surface area (Å²) in [7, 11) is 0. The lowest BCUT2D eigenvalue weighted by Crippen LogP contribution is -2.50. The van der Waals surface area contributed by atoms with E-state index >= 15 is 0 Å². The average Bonchev–Trinajstić information content (AvgIpc) is 2.14. The Morgan fingerprint density at radius 1 is 1.12 bits per heavy atom. The smallest absolute Gasteiger partial charge is 0.0243 e. The van der Waals surface area contributed by atoms with Gasteiger partial charge in [0.25, 0.3) is 0 Å². The molecule has 2 heteroatoms. The number of hydrogen-bond acceptors (Lipinski definition) is 2. The first-order chi connectivity index (χ1) is 7.31. The predicted molar refractivity (Wildman–Crippen MR) is 73.9 cm³/mol. The lowest BCUT2D eigenvalue weighted by molar-refractivity contribution is 0.151. The second kappa shape index (κ2) is 7.29. The van der Waals surface area contributed by atoms with Gasteiger partial charge in [0, 0.05) is 18.1 Å². The summed E-state index contributed by atoms with van der Waals surface area (Å²) in [5, 5.41) is 3.63. The molecule has 0 aliphatic heterocycles. The van der Waals surface area contributed by atoms with Crippen molar-refractivity contribution in [3.63, 3.8) is 0 Å². The molecular formula is C14H32N2. The van der Waals surface area contributed by atoms with E-state index in [-0.39, 0.29) is 5.54 Å². The molecule has 0 bridgehead atoms. The summed E-state index contributed by atoms with van der Waals surface area (Å²) in [6.07, 6.45) is 1.24. The van der Waals surface area contributed by atoms with Crippen molar-refractivity contribution >= 4 is 0 Å². The molecule has 0 aromatic rings. The Kier molecular flexibility index (Phi) is 7.25. The molecule has 0 aromatic carbocycles. The van der Waals surface area contributed by atoms with E-state index < -0.39 is 0 Å². The third-order valence-electron chi connectivity index (χ3n) is 3.00. The van der Waals surface area contributed by atoms with Crippen molar-refractivity contribution in [2.45, 2.75) is 66.5 Å². The summed E-state index contributed by atoms with van der Waals surface area (Å²) in [4.78, 5) is 2.60. The van der Waals surface area contributed by atoms with Gasteiger partial charge < -0.3 is 5.32 Å². The third kappa shape index (κ3) is 6.49. The minimum atomic E-state index is 0.221. The largest absolute Gasteiger partial charge is 0.311 e. The van der Waals surface area contributed by atoms with E-state index in [0.29, 0.717) is 12.0 Å². The molecule has 0 saturated carbocycles. The zero-order valence-electron chi connectivity index (χ0n) is 12.4. The monoisotopic (exact) mass is 228 g/mol. The number of nitrogens with one attached hydrogen (secondary N) is 1. The van der Waals surface area contributed by atoms with Gasteiger partial charge in [0.15, 0.2) is 0 Å². The van der Waals surface area contributed by atoms with Crippen molar-refractivity contribution in [3.8, 4) is 0 Å². The quantitative estimate of drug-likeness (QED) is 0.720. The Bertz CT molecular complexity index is 170. The van der Waals surface area contributed by atoms with E-state index in [1.165, 1.54) is 13.0 Å². The summed E-state index contributed by atoms with van der Waals surface area (Å²) in [5.74, 6) is 0.710. The van der Waals surface area contributed by atoms with E-state index in [9.17, 15) is 0 Å². The number of nitrogens with zero attached hydrogens (tertiary/aromatic N) is 1. The summed E-state index contributed by atoms with van der Waals surface area (Å²) in [5.41, 5.74) is 0.221. The molecule has 16 heavy (non-hydrogen) atoms. The minimum Gasteiger partial charge on any atom is -0.311 e. The first kappa shape index (κ1) is 15.9. The molecule has 1 N–H and O–H groups in total. The Hall–Kier alpha value is -0.0800. The SMILES string of the molecule is CCCN(CC)C(CNC(C)(C)C)C(C)C. The van der Waals surface area contributed by atoms with Gasteiger partial charge in [-0.1, -0.05) is 27.7 Å². The van der Waals surface area contributed by atoms with E-state index in [1.54, 1.807) is 0 Å². The molecule has 0 heterocycles. The van der Waals surface area contributed by atoms with E-state index in [0.717, 1.165) is 13.1 Å². The Morgan fingerprint density at radius 2 is 1.69 bits per heavy atom. The fourth-order valence-corrected chi connectivity index (χ4v) is 2.04. The number of rotatable bonds is 7. The van der Waals surface area contributed by atoms with Crippen LogP contribution in [-0.2, 0) is 0 Å². The fourth-order valence-electron chi connectivity index (χ4n) is 2.04. The minimum absolute atomic E-state index is 0.221. The van der Waals surface area contributed by atoms with Gasteiger partial charge in [-0.05, 0) is 46.2 Å². The van der Waals surface area contributed by atoms with Crippen molar-refractivity contribution in [3.05, 3.63) is 0 Å². The van der Waals surface area contributed by atoms with Crippen LogP contribution >= 0.6 is 0 Å². The van der Waals surface area contributed by atoms with Crippen LogP contribution in [0.1, 0.15) is 54.9 Å². The summed E-state index contributed by atoms with van der Waals surface area (Å²) < 4.78 is 0. The molecule has 1 atom stereocenters. The van der Waals surface area contributed by atoms with Crippen molar-refractivity contribution < 1.29 is 0 Å². The molecule has 0 fully saturated rings. The third-order valence-corrected chi connectivity index (χ3v) is 3.00. The van der Waals surface area contributed by atoms with Gasteiger partial charge in [0.1, 0.15) is 0 Å². The second-order valence-electron chi connectivity index (χ2n) is 6.07. The molecular weight excluding hydrogens is 196 g/mol. The van der Waals surface area contributed by atoms with E-state index in [2.05, 4.69) is 58.7 Å². The Balaban J connectivity index is 4.35. The van der Waals surface area contributed by atoms with Crippen LogP contribution in [0.4, 0.5) is 0 Å². The van der Waals surface area contributed by atoms with E-state index in [4.69, 9.17) is 0 Å². The average molecular weight is 228 g/mol. The highest BCUT2D eigenvalue weighted by atomic mass is 15.2. The van der Waals surface area contributed by atoms with Gasteiger partial charge in [-0.25, -0.2) is 0 Å². The Labute approximate surface area is 103 Å². The highest BCUT2D eigenvalue weighted by Crippen LogP contribution is 2.12. The molecule has 98 valence electrons. The molecule has 1 unspecified atom stereocenters. The van der Waals surface area contributed by atoms with E-state index in [1.807, 2.05) is 0 Å². The van der Waals surface area contributed by atoms with Crippen LogP contribution in [0.2, 0.25) is 0 Å². The van der Waals surface area contributed by atoms with Crippen LogP contribution in [0.5, 0.6) is 0 Å². The summed E-state index contributed by atoms with van der Waals surface area (Å²) >= 11 is 0. The van der Waals surface area contributed by atoms with Crippen LogP contribution < -0.4 is 5.32 Å². The molecule has 0 amide bonds. The zero-order valence-corrected chi connectivity index (χ0v) is 12.4. The standard InChI is InChI=1S/C14H32N2/c1-8-10-16(9-2)13(12(3)4)11-15-14(5,6)7/h12-13,15H,8-11H2,1-7H3. The molecule has 0 aromatic heterocycles. The van der Waals surface area contributed by atoms with Gasteiger partial charge in [-0.2, -0.15) is 0 Å². The maximum absolute atomic E-state index is 3.63. The van der Waals surface area contributed by atoms with Crippen molar-refractivity contribution in [1.82, 2.24) is 10.2 Å². The molecule has 0 radical (unpaired) electrons. The highest BCUT2D eigenvalue weighted by Gasteiger charge is 2.21. The lowest BCUT2D eigenvalue weighted by Gasteiger charge is -2.36. The van der Waals surface area contributed by atoms with Gasteiger partial charge in [-0.3, -0.25) is 4.90 Å². The molecule has 0 saturated heterocycles. The fraction of sp³-hybridized carbons (Fsp3) is 1.00. The summed E-state index contributed by atoms with van der Waals surface area (Å²) in [6, 6.07) is 0.657. The lowest BCUT2D eigenvalue weighted by atomic mass is 10.00. The van der Waals surface area contributed by atoms with Crippen LogP contribution in [-0.4, -0.2) is 36.1 Å². The van der Waals surface area contributed by atoms with Gasteiger partial charge in [-0.15, -0.1) is 0 Å². The topological polar surface area (TPSA) is 15.3 Å². The van der Waals surface area contributed by atoms with Crippen LogP contribution in [0.15, 0.2) is 0 Å². The van der Waals surface area contributed by atoms with Gasteiger partial charge in [0.05, 0.1) is 0 Å².